The molecule has 3 aromatic carbocycles. The van der Waals surface area contributed by atoms with Gasteiger partial charge in [0.25, 0.3) is 11.8 Å². The molecule has 0 spiro atoms. The lowest BCUT2D eigenvalue weighted by Crippen LogP contribution is -2.28. The summed E-state index contributed by atoms with van der Waals surface area (Å²) in [5, 5.41) is 7.63. The van der Waals surface area contributed by atoms with E-state index in [4.69, 9.17) is 9.47 Å². The van der Waals surface area contributed by atoms with Gasteiger partial charge in [0.15, 0.2) is 11.5 Å². The predicted octanol–water partition coefficient (Wildman–Crippen LogP) is 4.57. The molecule has 2 bridgehead atoms. The number of carbonyl (C=O) groups is 2. The number of hydrogen-bond acceptors (Lipinski definition) is 5. The molecule has 6 heteroatoms. The molecule has 34 heavy (non-hydrogen) atoms. The minimum atomic E-state index is -0.251. The summed E-state index contributed by atoms with van der Waals surface area (Å²) in [5.41, 5.74) is 1.80. The quantitative estimate of drug-likeness (QED) is 0.312. The molecule has 3 aliphatic rings. The van der Waals surface area contributed by atoms with Gasteiger partial charge in [-0.05, 0) is 58.4 Å². The van der Waals surface area contributed by atoms with E-state index in [1.165, 1.54) is 11.6 Å². The molecule has 0 radical (unpaired) electrons. The van der Waals surface area contributed by atoms with Crippen LogP contribution in [0.15, 0.2) is 77.9 Å². The first-order chi connectivity index (χ1) is 16.6. The second-order valence-corrected chi connectivity index (χ2v) is 9.07. The van der Waals surface area contributed by atoms with Gasteiger partial charge in [-0.3, -0.25) is 9.59 Å². The fourth-order valence-electron chi connectivity index (χ4n) is 5.58. The monoisotopic (exact) mass is 452 g/mol. The zero-order chi connectivity index (χ0) is 23.2. The molecule has 0 N–H and O–H groups in total. The highest BCUT2D eigenvalue weighted by Crippen LogP contribution is 2.52. The van der Waals surface area contributed by atoms with Gasteiger partial charge in [0.05, 0.1) is 25.2 Å². The lowest BCUT2D eigenvalue weighted by molar-refractivity contribution is -0.140. The summed E-state index contributed by atoms with van der Waals surface area (Å²) >= 11 is 0. The Kier molecular flexibility index (Phi) is 4.94. The highest BCUT2D eigenvalue weighted by Gasteiger charge is 2.59. The number of fused-ring (bicyclic) bond motifs is 6. The van der Waals surface area contributed by atoms with Crippen LogP contribution in [0, 0.1) is 23.7 Å². The minimum absolute atomic E-state index is 0.171. The normalized spacial score (nSPS) is 25.0. The lowest BCUT2D eigenvalue weighted by atomic mass is 9.85. The molecule has 2 aliphatic carbocycles. The van der Waals surface area contributed by atoms with Crippen LogP contribution >= 0.6 is 0 Å². The van der Waals surface area contributed by atoms with E-state index in [0.717, 1.165) is 22.4 Å². The SMILES string of the molecule is COc1cc(C=NN2C(=O)[C@@H]3[C@H](C2=O)[C@H]2C=C[C@H]3C2)ccc1OCc1cccc2ccccc12. The van der Waals surface area contributed by atoms with Gasteiger partial charge in [-0.2, -0.15) is 10.1 Å². The summed E-state index contributed by atoms with van der Waals surface area (Å²) in [7, 11) is 1.58. The number of hydrazone groups is 1. The van der Waals surface area contributed by atoms with Crippen molar-refractivity contribution in [2.24, 2.45) is 28.8 Å². The van der Waals surface area contributed by atoms with Crippen molar-refractivity contribution >= 4 is 28.8 Å². The van der Waals surface area contributed by atoms with Crippen molar-refractivity contribution < 1.29 is 19.1 Å². The highest BCUT2D eigenvalue weighted by atomic mass is 16.5. The summed E-state index contributed by atoms with van der Waals surface area (Å²) in [5.74, 6) is 0.628. The Morgan fingerprint density at radius 1 is 0.941 bits per heavy atom. The van der Waals surface area contributed by atoms with Crippen LogP contribution in [0.3, 0.4) is 0 Å². The molecule has 3 aromatic rings. The molecule has 1 saturated heterocycles. The maximum absolute atomic E-state index is 12.8. The number of amides is 2. The van der Waals surface area contributed by atoms with Crippen LogP contribution in [0.25, 0.3) is 10.8 Å². The zero-order valence-corrected chi connectivity index (χ0v) is 18.8. The second-order valence-electron chi connectivity index (χ2n) is 9.07. The van der Waals surface area contributed by atoms with Gasteiger partial charge in [0.1, 0.15) is 6.61 Å². The fourth-order valence-corrected chi connectivity index (χ4v) is 5.58. The molecule has 170 valence electrons. The Morgan fingerprint density at radius 2 is 1.68 bits per heavy atom. The van der Waals surface area contributed by atoms with Gasteiger partial charge in [0.2, 0.25) is 0 Å². The Labute approximate surface area is 197 Å². The van der Waals surface area contributed by atoms with Gasteiger partial charge in [-0.25, -0.2) is 0 Å². The summed E-state index contributed by atoms with van der Waals surface area (Å²) in [6, 6.07) is 19.8. The van der Waals surface area contributed by atoms with E-state index < -0.39 is 0 Å². The average Bonchev–Trinajstić information content (AvgIpc) is 3.55. The third-order valence-corrected chi connectivity index (χ3v) is 7.22. The Bertz CT molecular complexity index is 1330. The van der Waals surface area contributed by atoms with E-state index >= 15 is 0 Å². The Balaban J connectivity index is 1.18. The number of nitrogens with zero attached hydrogens (tertiary/aromatic N) is 2. The zero-order valence-electron chi connectivity index (χ0n) is 18.8. The molecular formula is C28H24N2O4. The number of hydrogen-bond donors (Lipinski definition) is 0. The van der Waals surface area contributed by atoms with Crippen LogP contribution in [0.2, 0.25) is 0 Å². The molecule has 6 rings (SSSR count). The van der Waals surface area contributed by atoms with Gasteiger partial charge in [-0.1, -0.05) is 54.6 Å². The maximum atomic E-state index is 12.8. The van der Waals surface area contributed by atoms with Crippen LogP contribution < -0.4 is 9.47 Å². The van der Waals surface area contributed by atoms with Gasteiger partial charge < -0.3 is 9.47 Å². The van der Waals surface area contributed by atoms with Gasteiger partial charge in [0, 0.05) is 0 Å². The smallest absolute Gasteiger partial charge is 0.254 e. The van der Waals surface area contributed by atoms with E-state index in [2.05, 4.69) is 41.5 Å². The summed E-state index contributed by atoms with van der Waals surface area (Å²) in [6.07, 6.45) is 6.59. The maximum Gasteiger partial charge on any atom is 0.254 e. The van der Waals surface area contributed by atoms with E-state index in [1.807, 2.05) is 30.3 Å². The molecule has 1 heterocycles. The molecule has 4 atom stereocenters. The standard InChI is InChI=1S/C28H24N2O4/c1-33-24-13-17(15-29-30-27(31)25-19-10-11-20(14-19)26(25)28(30)32)9-12-23(24)34-16-21-7-4-6-18-5-2-3-8-22(18)21/h2-13,15,19-20,25-26H,14,16H2,1H3/t19-,20-,25-,26+/m0/s1. The molecule has 2 amide bonds. The van der Waals surface area contributed by atoms with E-state index in [-0.39, 0.29) is 35.5 Å². The number of carbonyl (C=O) groups excluding carboxylic acids is 2. The van der Waals surface area contributed by atoms with Crippen LogP contribution in [-0.4, -0.2) is 30.1 Å². The van der Waals surface area contributed by atoms with E-state index in [9.17, 15) is 9.59 Å². The number of allylic oxidation sites excluding steroid dienone is 2. The van der Waals surface area contributed by atoms with Gasteiger partial charge in [-0.15, -0.1) is 0 Å². The molecule has 0 aromatic heterocycles. The number of ether oxygens (including phenoxy) is 2. The molecule has 1 saturated carbocycles. The fraction of sp³-hybridized carbons (Fsp3) is 0.250. The van der Waals surface area contributed by atoms with Crippen molar-refractivity contribution in [3.63, 3.8) is 0 Å². The minimum Gasteiger partial charge on any atom is -0.493 e. The van der Waals surface area contributed by atoms with E-state index in [0.29, 0.717) is 23.7 Å². The first kappa shape index (κ1) is 20.7. The van der Waals surface area contributed by atoms with Crippen molar-refractivity contribution in [3.8, 4) is 11.5 Å². The number of methoxy groups -OCH3 is 1. The number of imide groups is 1. The molecule has 1 aliphatic heterocycles. The van der Waals surface area contributed by atoms with Gasteiger partial charge >= 0.3 is 0 Å². The molecular weight excluding hydrogens is 428 g/mol. The van der Waals surface area contributed by atoms with E-state index in [1.54, 1.807) is 13.2 Å². The van der Waals surface area contributed by atoms with Crippen molar-refractivity contribution in [3.05, 3.63) is 83.9 Å². The van der Waals surface area contributed by atoms with Crippen LogP contribution in [0.4, 0.5) is 0 Å². The first-order valence-electron chi connectivity index (χ1n) is 11.5. The summed E-state index contributed by atoms with van der Waals surface area (Å²) in [4.78, 5) is 25.6. The Morgan fingerprint density at radius 3 is 2.44 bits per heavy atom. The average molecular weight is 453 g/mol. The topological polar surface area (TPSA) is 68.2 Å². The second kappa shape index (κ2) is 8.13. The largest absolute Gasteiger partial charge is 0.493 e. The lowest BCUT2D eigenvalue weighted by Gasteiger charge is -2.13. The number of rotatable bonds is 6. The van der Waals surface area contributed by atoms with Crippen LogP contribution in [0.5, 0.6) is 11.5 Å². The predicted molar refractivity (Wildman–Crippen MR) is 128 cm³/mol. The van der Waals surface area contributed by atoms with Crippen molar-refractivity contribution in [2.45, 2.75) is 13.0 Å². The first-order valence-corrected chi connectivity index (χ1v) is 11.5. The highest BCUT2D eigenvalue weighted by molar-refractivity contribution is 6.06. The van der Waals surface area contributed by atoms with Crippen molar-refractivity contribution in [2.75, 3.05) is 7.11 Å². The van der Waals surface area contributed by atoms with Crippen molar-refractivity contribution in [1.29, 1.82) is 0 Å². The molecule has 0 unspecified atom stereocenters. The van der Waals surface area contributed by atoms with Crippen LogP contribution in [-0.2, 0) is 16.2 Å². The number of benzene rings is 3. The third kappa shape index (κ3) is 3.29. The summed E-state index contributed by atoms with van der Waals surface area (Å²) < 4.78 is 11.6. The third-order valence-electron chi connectivity index (χ3n) is 7.22. The molecule has 6 nitrogen and oxygen atoms in total. The van der Waals surface area contributed by atoms with Crippen LogP contribution in [0.1, 0.15) is 17.5 Å². The van der Waals surface area contributed by atoms with Crippen molar-refractivity contribution in [1.82, 2.24) is 5.01 Å². The Hall–Kier alpha value is -3.93. The molecule has 2 fully saturated rings. The summed E-state index contributed by atoms with van der Waals surface area (Å²) in [6.45, 7) is 0.404.